The highest BCUT2D eigenvalue weighted by molar-refractivity contribution is 7.16. The number of imidazole rings is 1. The summed E-state index contributed by atoms with van der Waals surface area (Å²) in [5.41, 5.74) is 1.59. The molecule has 0 fully saturated rings. The molecule has 0 aliphatic heterocycles. The molecule has 0 saturated carbocycles. The third-order valence-corrected chi connectivity index (χ3v) is 5.49. The van der Waals surface area contributed by atoms with Crippen LogP contribution in [0, 0.1) is 0 Å². The average molecular weight is 390 g/mol. The Balaban J connectivity index is 1.75. The summed E-state index contributed by atoms with van der Waals surface area (Å²) >= 11 is 7.43. The van der Waals surface area contributed by atoms with Gasteiger partial charge in [-0.3, -0.25) is 13.9 Å². The zero-order valence-corrected chi connectivity index (χ0v) is 16.1. The molecular weight excluding hydrogens is 370 g/mol. The molecule has 0 saturated heterocycles. The zero-order valence-electron chi connectivity index (χ0n) is 14.5. The van der Waals surface area contributed by atoms with E-state index in [0.717, 1.165) is 15.9 Å². The predicted octanol–water partition coefficient (Wildman–Crippen LogP) is 3.66. The fourth-order valence-corrected chi connectivity index (χ4v) is 4.08. The van der Waals surface area contributed by atoms with E-state index in [1.807, 2.05) is 36.4 Å². The van der Waals surface area contributed by atoms with E-state index in [-0.39, 0.29) is 18.0 Å². The Hall–Kier alpha value is -2.31. The van der Waals surface area contributed by atoms with Crippen LogP contribution >= 0.6 is 22.9 Å². The molecule has 0 N–H and O–H groups in total. The number of thiophene rings is 1. The number of amides is 1. The lowest BCUT2D eigenvalue weighted by Gasteiger charge is -2.20. The highest BCUT2D eigenvalue weighted by atomic mass is 35.5. The van der Waals surface area contributed by atoms with Crippen molar-refractivity contribution in [1.82, 2.24) is 14.0 Å². The van der Waals surface area contributed by atoms with E-state index in [1.165, 1.54) is 11.3 Å². The van der Waals surface area contributed by atoms with Crippen LogP contribution in [0.25, 0.3) is 11.0 Å². The summed E-state index contributed by atoms with van der Waals surface area (Å²) in [6, 6.07) is 11.3. The van der Waals surface area contributed by atoms with Crippen molar-refractivity contribution in [3.8, 4) is 0 Å². The maximum absolute atomic E-state index is 12.7. The molecule has 2 aromatic heterocycles. The molecule has 3 aromatic rings. The average Bonchev–Trinajstić information content (AvgIpc) is 3.15. The minimum absolute atomic E-state index is 0.0192. The number of para-hydroxylation sites is 2. The van der Waals surface area contributed by atoms with Crippen LogP contribution in [-0.4, -0.2) is 26.5 Å². The summed E-state index contributed by atoms with van der Waals surface area (Å²) in [4.78, 5) is 27.9. The first kappa shape index (κ1) is 18.5. The normalized spacial score (nSPS) is 11.0. The molecule has 0 radical (unpaired) electrons. The van der Waals surface area contributed by atoms with Crippen LogP contribution < -0.4 is 5.69 Å². The van der Waals surface area contributed by atoms with Gasteiger partial charge in [-0.05, 0) is 24.3 Å². The summed E-state index contributed by atoms with van der Waals surface area (Å²) in [6.07, 6.45) is 1.96. The second-order valence-corrected chi connectivity index (χ2v) is 7.80. The number of benzene rings is 1. The topological polar surface area (TPSA) is 47.2 Å². The van der Waals surface area contributed by atoms with Crippen molar-refractivity contribution >= 4 is 39.9 Å². The molecule has 5 nitrogen and oxygen atoms in total. The van der Waals surface area contributed by atoms with E-state index in [2.05, 4.69) is 6.58 Å². The van der Waals surface area contributed by atoms with Gasteiger partial charge >= 0.3 is 5.69 Å². The van der Waals surface area contributed by atoms with Gasteiger partial charge in [-0.15, -0.1) is 17.9 Å². The number of hydrogen-bond donors (Lipinski definition) is 0. The van der Waals surface area contributed by atoms with E-state index < -0.39 is 0 Å². The molecule has 1 aromatic carbocycles. The van der Waals surface area contributed by atoms with Crippen molar-refractivity contribution in [1.29, 1.82) is 0 Å². The van der Waals surface area contributed by atoms with Gasteiger partial charge in [-0.25, -0.2) is 4.79 Å². The van der Waals surface area contributed by atoms with Gasteiger partial charge in [0.05, 0.1) is 21.9 Å². The number of carbonyl (C=O) groups excluding carboxylic acids is 1. The van der Waals surface area contributed by atoms with Gasteiger partial charge in [0.1, 0.15) is 0 Å². The fraction of sp³-hybridized carbons (Fsp3) is 0.263. The molecule has 0 spiro atoms. The summed E-state index contributed by atoms with van der Waals surface area (Å²) < 4.78 is 3.96. The summed E-state index contributed by atoms with van der Waals surface area (Å²) in [5, 5.41) is 0. The van der Waals surface area contributed by atoms with Crippen LogP contribution in [0.15, 0.2) is 53.8 Å². The Bertz CT molecular complexity index is 1000. The third-order valence-electron chi connectivity index (χ3n) is 4.28. The first-order valence-electron chi connectivity index (χ1n) is 8.28. The number of hydrogen-bond acceptors (Lipinski definition) is 3. The molecule has 0 aliphatic rings. The number of carbonyl (C=O) groups is 1. The van der Waals surface area contributed by atoms with Crippen molar-refractivity contribution in [3.05, 3.63) is 68.8 Å². The van der Waals surface area contributed by atoms with Crippen LogP contribution in [0.3, 0.4) is 0 Å². The van der Waals surface area contributed by atoms with E-state index in [9.17, 15) is 9.59 Å². The Morgan fingerprint density at radius 1 is 1.27 bits per heavy atom. The minimum atomic E-state index is -0.112. The number of rotatable bonds is 7. The fourth-order valence-electron chi connectivity index (χ4n) is 2.98. The van der Waals surface area contributed by atoms with E-state index in [0.29, 0.717) is 24.0 Å². The molecule has 0 aliphatic carbocycles. The summed E-state index contributed by atoms with van der Waals surface area (Å²) in [7, 11) is 1.74. The molecule has 0 bridgehead atoms. The zero-order chi connectivity index (χ0) is 18.7. The number of aryl methyl sites for hydroxylation is 2. The quantitative estimate of drug-likeness (QED) is 0.579. The maximum Gasteiger partial charge on any atom is 0.328 e. The number of aromatic nitrogens is 2. The maximum atomic E-state index is 12.7. The van der Waals surface area contributed by atoms with Crippen LogP contribution in [0.2, 0.25) is 4.34 Å². The first-order chi connectivity index (χ1) is 12.5. The van der Waals surface area contributed by atoms with Crippen molar-refractivity contribution in [2.24, 2.45) is 7.05 Å². The SMILES string of the molecule is C=CCN(Cc1ccc(Cl)s1)C(=O)CCn1c(=O)n(C)c2ccccc21. The van der Waals surface area contributed by atoms with Gasteiger partial charge in [-0.2, -0.15) is 0 Å². The number of fused-ring (bicyclic) bond motifs is 1. The molecule has 26 heavy (non-hydrogen) atoms. The molecule has 3 rings (SSSR count). The van der Waals surface area contributed by atoms with Gasteiger partial charge in [0.15, 0.2) is 0 Å². The van der Waals surface area contributed by atoms with Crippen LogP contribution in [0.4, 0.5) is 0 Å². The standard InChI is InChI=1S/C19H20ClN3O2S/c1-3-11-22(13-14-8-9-17(20)26-14)18(24)10-12-23-16-7-5-4-6-15(16)21(2)19(23)25/h3-9H,1,10-13H2,2H3. The molecular formula is C19H20ClN3O2S. The Morgan fingerprint density at radius 3 is 2.65 bits per heavy atom. The highest BCUT2D eigenvalue weighted by Gasteiger charge is 2.16. The van der Waals surface area contributed by atoms with Crippen molar-refractivity contribution in [3.63, 3.8) is 0 Å². The molecule has 7 heteroatoms. The molecule has 0 unspecified atom stereocenters. The lowest BCUT2D eigenvalue weighted by molar-refractivity contribution is -0.131. The second-order valence-electron chi connectivity index (χ2n) is 6.00. The second kappa shape index (κ2) is 7.93. The summed E-state index contributed by atoms with van der Waals surface area (Å²) in [5.74, 6) is -0.0192. The number of nitrogens with zero attached hydrogens (tertiary/aromatic N) is 3. The lowest BCUT2D eigenvalue weighted by Crippen LogP contribution is -2.32. The lowest BCUT2D eigenvalue weighted by atomic mass is 10.3. The van der Waals surface area contributed by atoms with Crippen LogP contribution in [0.1, 0.15) is 11.3 Å². The monoisotopic (exact) mass is 389 g/mol. The first-order valence-corrected chi connectivity index (χ1v) is 9.48. The summed E-state index contributed by atoms with van der Waals surface area (Å²) in [6.45, 7) is 5.03. The Labute approximate surface area is 160 Å². The Morgan fingerprint density at radius 2 is 2.00 bits per heavy atom. The van der Waals surface area contributed by atoms with Crippen molar-refractivity contribution in [2.75, 3.05) is 6.54 Å². The number of halogens is 1. The molecule has 136 valence electrons. The van der Waals surface area contributed by atoms with E-state index in [4.69, 9.17) is 11.6 Å². The van der Waals surface area contributed by atoms with E-state index in [1.54, 1.807) is 27.2 Å². The van der Waals surface area contributed by atoms with Gasteiger partial charge in [0, 0.05) is 31.4 Å². The molecule has 0 atom stereocenters. The molecule has 2 heterocycles. The van der Waals surface area contributed by atoms with Gasteiger partial charge in [0.2, 0.25) is 5.91 Å². The van der Waals surface area contributed by atoms with Gasteiger partial charge < -0.3 is 4.90 Å². The Kier molecular flexibility index (Phi) is 5.64. The largest absolute Gasteiger partial charge is 0.334 e. The van der Waals surface area contributed by atoms with E-state index >= 15 is 0 Å². The van der Waals surface area contributed by atoms with Crippen molar-refractivity contribution < 1.29 is 4.79 Å². The van der Waals surface area contributed by atoms with Gasteiger partial charge in [0.25, 0.3) is 0 Å². The highest BCUT2D eigenvalue weighted by Crippen LogP contribution is 2.23. The third kappa shape index (κ3) is 3.76. The van der Waals surface area contributed by atoms with Crippen molar-refractivity contribution in [2.45, 2.75) is 19.5 Å². The minimum Gasteiger partial charge on any atom is -0.334 e. The van der Waals surface area contributed by atoms with Gasteiger partial charge in [-0.1, -0.05) is 29.8 Å². The van der Waals surface area contributed by atoms with Crippen LogP contribution in [0.5, 0.6) is 0 Å². The van der Waals surface area contributed by atoms with Crippen LogP contribution in [-0.2, 0) is 24.9 Å². The smallest absolute Gasteiger partial charge is 0.328 e. The molecule has 1 amide bonds. The predicted molar refractivity (Wildman–Crippen MR) is 107 cm³/mol.